The molecule has 1 atom stereocenters. The Kier molecular flexibility index (Phi) is 4.63. The highest BCUT2D eigenvalue weighted by molar-refractivity contribution is 7.92. The van der Waals surface area contributed by atoms with Crippen molar-refractivity contribution in [3.8, 4) is 0 Å². The van der Waals surface area contributed by atoms with Crippen LogP contribution in [0.4, 0.5) is 0 Å². The monoisotopic (exact) mass is 322 g/mol. The second kappa shape index (κ2) is 5.93. The van der Waals surface area contributed by atoms with Crippen LogP contribution in [0.1, 0.15) is 25.7 Å². The number of nitrogens with zero attached hydrogens (tertiary/aromatic N) is 2. The van der Waals surface area contributed by atoms with Crippen LogP contribution >= 0.6 is 0 Å². The molecule has 2 heterocycles. The second-order valence-electron chi connectivity index (χ2n) is 5.27. The molecule has 9 heteroatoms. The Morgan fingerprint density at radius 3 is 2.40 bits per heavy atom. The van der Waals surface area contributed by atoms with Gasteiger partial charge < -0.3 is 0 Å². The third-order valence-corrected chi connectivity index (χ3v) is 7.96. The first kappa shape index (κ1) is 15.6. The summed E-state index contributed by atoms with van der Waals surface area (Å²) in [5.74, 6) is -0.138. The maximum Gasteiger partial charge on any atom is 0.235 e. The van der Waals surface area contributed by atoms with Gasteiger partial charge in [0, 0.05) is 13.1 Å². The highest BCUT2D eigenvalue weighted by Gasteiger charge is 2.38. The van der Waals surface area contributed by atoms with Crippen LogP contribution in [-0.4, -0.2) is 63.1 Å². The molecule has 2 aliphatic heterocycles. The van der Waals surface area contributed by atoms with Gasteiger partial charge in [0.25, 0.3) is 0 Å². The fourth-order valence-corrected chi connectivity index (χ4v) is 6.52. The molecule has 7 nitrogen and oxygen atoms in total. The van der Waals surface area contributed by atoms with Crippen molar-refractivity contribution in [3.05, 3.63) is 0 Å². The number of carbonyl (C=O) groups excluding carboxylic acids is 1. The van der Waals surface area contributed by atoms with Crippen LogP contribution < -0.4 is 0 Å². The van der Waals surface area contributed by atoms with E-state index in [0.717, 1.165) is 0 Å². The van der Waals surface area contributed by atoms with Gasteiger partial charge in [0.05, 0.1) is 22.8 Å². The number of hydrogen-bond donors (Lipinski definition) is 0. The first-order chi connectivity index (χ1) is 9.35. The van der Waals surface area contributed by atoms with E-state index in [2.05, 4.69) is 4.99 Å². The Balaban J connectivity index is 2.08. The number of sulfonamides is 1. The zero-order chi connectivity index (χ0) is 14.8. The lowest BCUT2D eigenvalue weighted by Gasteiger charge is -2.33. The quantitative estimate of drug-likeness (QED) is 0.524. The topological polar surface area (TPSA) is 101 Å². The lowest BCUT2D eigenvalue weighted by molar-refractivity contribution is 0.312. The summed E-state index contributed by atoms with van der Waals surface area (Å²) in [5, 5.41) is -0.634. The van der Waals surface area contributed by atoms with E-state index in [1.54, 1.807) is 0 Å². The van der Waals surface area contributed by atoms with Crippen LogP contribution in [0.5, 0.6) is 0 Å². The molecule has 0 amide bonds. The van der Waals surface area contributed by atoms with Gasteiger partial charge in [-0.15, -0.1) is 0 Å². The number of rotatable bonds is 3. The number of hydrogen-bond acceptors (Lipinski definition) is 6. The Morgan fingerprint density at radius 2 is 1.80 bits per heavy atom. The lowest BCUT2D eigenvalue weighted by atomic mass is 10.1. The van der Waals surface area contributed by atoms with Crippen molar-refractivity contribution in [2.24, 2.45) is 4.99 Å². The molecule has 0 N–H and O–H groups in total. The second-order valence-corrected chi connectivity index (χ2v) is 9.79. The van der Waals surface area contributed by atoms with Crippen molar-refractivity contribution in [1.29, 1.82) is 0 Å². The molecule has 2 aliphatic rings. The number of aliphatic imine (C=N–C) groups is 1. The van der Waals surface area contributed by atoms with Gasteiger partial charge in [-0.3, -0.25) is 0 Å². The lowest BCUT2D eigenvalue weighted by Crippen LogP contribution is -2.47. The van der Waals surface area contributed by atoms with Crippen LogP contribution in [0.3, 0.4) is 0 Å². The summed E-state index contributed by atoms with van der Waals surface area (Å²) in [6.45, 7) is 0.608. The van der Waals surface area contributed by atoms with Gasteiger partial charge in [-0.05, 0) is 25.7 Å². The number of sulfone groups is 1. The van der Waals surface area contributed by atoms with E-state index < -0.39 is 25.1 Å². The smallest absolute Gasteiger partial charge is 0.229 e. The summed E-state index contributed by atoms with van der Waals surface area (Å²) < 4.78 is 49.1. The molecule has 20 heavy (non-hydrogen) atoms. The normalized spacial score (nSPS) is 28.7. The zero-order valence-corrected chi connectivity index (χ0v) is 12.7. The third-order valence-electron chi connectivity index (χ3n) is 3.88. The van der Waals surface area contributed by atoms with Crippen LogP contribution in [0.2, 0.25) is 0 Å². The Hall–Kier alpha value is -0.760. The SMILES string of the molecule is O=C=NC1CCCN(S(=O)(=O)C2CCS(=O)(=O)CC2)C1. The molecule has 2 saturated heterocycles. The average Bonchev–Trinajstić information content (AvgIpc) is 2.39. The molecule has 0 aromatic carbocycles. The predicted octanol–water partition coefficient (Wildman–Crippen LogP) is -0.306. The number of piperidine rings is 1. The molecule has 0 aromatic heterocycles. The van der Waals surface area contributed by atoms with E-state index in [1.165, 1.54) is 10.4 Å². The summed E-state index contributed by atoms with van der Waals surface area (Å²) in [6, 6.07) is -0.330. The molecular weight excluding hydrogens is 304 g/mol. The Morgan fingerprint density at radius 1 is 1.15 bits per heavy atom. The summed E-state index contributed by atoms with van der Waals surface area (Å²) >= 11 is 0. The molecule has 114 valence electrons. The summed E-state index contributed by atoms with van der Waals surface area (Å²) in [7, 11) is -6.59. The van der Waals surface area contributed by atoms with Gasteiger partial charge in [0.1, 0.15) is 9.84 Å². The van der Waals surface area contributed by atoms with E-state index in [9.17, 15) is 21.6 Å². The Bertz CT molecular complexity index is 593. The van der Waals surface area contributed by atoms with E-state index in [-0.39, 0.29) is 36.9 Å². The van der Waals surface area contributed by atoms with Crippen LogP contribution in [0, 0.1) is 0 Å². The van der Waals surface area contributed by atoms with E-state index in [1.807, 2.05) is 0 Å². The summed E-state index contributed by atoms with van der Waals surface area (Å²) in [6.07, 6.45) is 3.12. The van der Waals surface area contributed by atoms with Crippen molar-refractivity contribution in [2.75, 3.05) is 24.6 Å². The highest BCUT2D eigenvalue weighted by atomic mass is 32.2. The standard InChI is InChI=1S/C11H18N2O5S2/c14-9-12-10-2-1-5-13(8-10)20(17,18)11-3-6-19(15,16)7-4-11/h10-11H,1-8H2. The first-order valence-corrected chi connectivity index (χ1v) is 9.94. The first-order valence-electron chi connectivity index (χ1n) is 6.61. The molecule has 2 rings (SSSR count). The van der Waals surface area contributed by atoms with Crippen molar-refractivity contribution >= 4 is 25.9 Å². The van der Waals surface area contributed by atoms with Crippen LogP contribution in [0.15, 0.2) is 4.99 Å². The maximum atomic E-state index is 12.5. The molecule has 0 saturated carbocycles. The van der Waals surface area contributed by atoms with E-state index in [4.69, 9.17) is 0 Å². The fourth-order valence-electron chi connectivity index (χ4n) is 2.71. The predicted molar refractivity (Wildman–Crippen MR) is 73.3 cm³/mol. The molecule has 0 spiro atoms. The largest absolute Gasteiger partial charge is 0.235 e. The van der Waals surface area contributed by atoms with Crippen molar-refractivity contribution in [1.82, 2.24) is 4.31 Å². The third kappa shape index (κ3) is 3.46. The molecule has 0 bridgehead atoms. The van der Waals surface area contributed by atoms with Gasteiger partial charge >= 0.3 is 0 Å². The molecule has 1 unspecified atom stereocenters. The summed E-state index contributed by atoms with van der Waals surface area (Å²) in [4.78, 5) is 13.9. The van der Waals surface area contributed by atoms with Crippen LogP contribution in [-0.2, 0) is 24.7 Å². The van der Waals surface area contributed by atoms with Gasteiger partial charge in [0.2, 0.25) is 16.1 Å². The van der Waals surface area contributed by atoms with Crippen LogP contribution in [0.25, 0.3) is 0 Å². The van der Waals surface area contributed by atoms with Crippen molar-refractivity contribution in [3.63, 3.8) is 0 Å². The van der Waals surface area contributed by atoms with Crippen molar-refractivity contribution < 1.29 is 21.6 Å². The van der Waals surface area contributed by atoms with Gasteiger partial charge in [-0.2, -0.15) is 4.31 Å². The molecule has 0 aliphatic carbocycles. The number of isocyanates is 1. The zero-order valence-electron chi connectivity index (χ0n) is 11.1. The molecule has 2 fully saturated rings. The minimum absolute atomic E-state index is 0.0688. The average molecular weight is 322 g/mol. The Labute approximate surface area is 119 Å². The van der Waals surface area contributed by atoms with Gasteiger partial charge in [-0.1, -0.05) is 0 Å². The van der Waals surface area contributed by atoms with Crippen molar-refractivity contribution in [2.45, 2.75) is 37.0 Å². The van der Waals surface area contributed by atoms with E-state index >= 15 is 0 Å². The minimum atomic E-state index is -3.51. The minimum Gasteiger partial charge on any atom is -0.229 e. The summed E-state index contributed by atoms with van der Waals surface area (Å²) in [5.41, 5.74) is 0. The highest BCUT2D eigenvalue weighted by Crippen LogP contribution is 2.25. The van der Waals surface area contributed by atoms with Gasteiger partial charge in [0.15, 0.2) is 0 Å². The molecular formula is C11H18N2O5S2. The van der Waals surface area contributed by atoms with Gasteiger partial charge in [-0.25, -0.2) is 26.6 Å². The molecule has 0 radical (unpaired) electrons. The van der Waals surface area contributed by atoms with E-state index in [0.29, 0.717) is 19.4 Å². The molecule has 0 aromatic rings. The fraction of sp³-hybridized carbons (Fsp3) is 0.909. The maximum absolute atomic E-state index is 12.5.